The molecule has 61 heavy (non-hydrogen) atoms. The Morgan fingerprint density at radius 1 is 0.246 bits per heavy atom. The molecule has 0 saturated carbocycles. The van der Waals surface area contributed by atoms with Crippen molar-refractivity contribution in [1.82, 2.24) is 0 Å². The Balaban J connectivity index is 4.76. The van der Waals surface area contributed by atoms with Crippen LogP contribution < -0.4 is 0 Å². The molecule has 0 radical (unpaired) electrons. The van der Waals surface area contributed by atoms with Crippen LogP contribution in [0, 0.1) is 17.8 Å². The van der Waals surface area contributed by atoms with Gasteiger partial charge in [-0.05, 0) is 17.8 Å². The second kappa shape index (κ2) is 43.6. The van der Waals surface area contributed by atoms with E-state index in [0.29, 0.717) is 19.3 Å². The van der Waals surface area contributed by atoms with E-state index in [1.54, 1.807) is 0 Å². The van der Waals surface area contributed by atoms with Crippen LogP contribution in [-0.2, 0) is 31.0 Å². The van der Waals surface area contributed by atoms with E-state index in [2.05, 4.69) is 55.4 Å². The van der Waals surface area contributed by atoms with E-state index in [1.807, 2.05) is 0 Å². The second-order valence-electron chi connectivity index (χ2n) is 21.8. The fraction of sp³-hybridized carbons (Fsp3) is 0.947. The van der Waals surface area contributed by atoms with E-state index >= 15 is 0 Å². The average Bonchev–Trinajstić information content (AvgIpc) is 3.20. The molecule has 0 N–H and O–H groups in total. The first-order valence-corrected chi connectivity index (χ1v) is 31.3. The number of hydrogen-bond donors (Lipinski definition) is 0. The third-order valence-corrected chi connectivity index (χ3v) is 22.0. The van der Waals surface area contributed by atoms with Crippen molar-refractivity contribution in [2.75, 3.05) is 0 Å². The third kappa shape index (κ3) is 35.6. The normalized spacial score (nSPS) is 12.2. The Morgan fingerprint density at radius 3 is 0.541 bits per heavy atom. The van der Waals surface area contributed by atoms with Crippen molar-refractivity contribution in [3.63, 3.8) is 0 Å². The predicted molar refractivity (Wildman–Crippen MR) is 269 cm³/mol. The van der Waals surface area contributed by atoms with Crippen LogP contribution in [0.2, 0.25) is 4.22 Å². The molecule has 0 aromatic carbocycles. The monoisotopic (exact) mass is 893 g/mol. The van der Waals surface area contributed by atoms with Gasteiger partial charge in [0.2, 0.25) is 0 Å². The van der Waals surface area contributed by atoms with Gasteiger partial charge >= 0.3 is 273 Å². The van der Waals surface area contributed by atoms with Gasteiger partial charge in [0.15, 0.2) is 0 Å². The van der Waals surface area contributed by atoms with Crippen LogP contribution in [0.15, 0.2) is 0 Å². The first-order valence-electron chi connectivity index (χ1n) is 28.1. The molecule has 362 valence electrons. The van der Waals surface area contributed by atoms with Gasteiger partial charge in [-0.1, -0.05) is 99.3 Å². The molecule has 0 aromatic rings. The standard InChI is InChI=1S/3C18H35O.C3H7.Ti/c3*1-18(2)16-14-12-10-8-6-4-3-5-7-9-11-13-15-17-19;1-3-2;/h3*18H,3-16H2,1-2H3;3H,1-2H3;. The summed E-state index contributed by atoms with van der Waals surface area (Å²) in [4.78, 5) is 42.9. The molecular formula is C57H112O3Ti. The van der Waals surface area contributed by atoms with Crippen molar-refractivity contribution in [2.24, 2.45) is 17.8 Å². The van der Waals surface area contributed by atoms with E-state index in [9.17, 15) is 14.4 Å². The number of unbranched alkanes of at least 4 members (excludes halogenated alkanes) is 33. The summed E-state index contributed by atoms with van der Waals surface area (Å²) in [6.45, 7) is 18.1. The fourth-order valence-corrected chi connectivity index (χ4v) is 17.0. The van der Waals surface area contributed by atoms with Crippen molar-refractivity contribution in [1.29, 1.82) is 0 Å². The van der Waals surface area contributed by atoms with Crippen LogP contribution in [0.3, 0.4) is 0 Å². The summed E-state index contributed by atoms with van der Waals surface area (Å²) < 4.78 is 0.280. The van der Waals surface area contributed by atoms with Gasteiger partial charge < -0.3 is 0 Å². The van der Waals surface area contributed by atoms with Crippen molar-refractivity contribution in [3.8, 4) is 0 Å². The van der Waals surface area contributed by atoms with Crippen molar-refractivity contribution >= 4 is 12.3 Å². The molecule has 0 rings (SSSR count). The Morgan fingerprint density at radius 2 is 0.393 bits per heavy atom. The molecule has 0 aromatic heterocycles. The first-order chi connectivity index (χ1) is 29.5. The van der Waals surface area contributed by atoms with Crippen molar-refractivity contribution in [2.45, 2.75) is 329 Å². The van der Waals surface area contributed by atoms with Crippen LogP contribution in [0.4, 0.5) is 0 Å². The molecule has 0 heterocycles. The van der Waals surface area contributed by atoms with E-state index in [1.165, 1.54) is 212 Å². The van der Waals surface area contributed by atoms with Gasteiger partial charge in [-0.2, -0.15) is 0 Å². The Labute approximate surface area is 388 Å². The zero-order valence-electron chi connectivity index (χ0n) is 43.2. The summed E-state index contributed by atoms with van der Waals surface area (Å²) >= 11 is -4.12. The van der Waals surface area contributed by atoms with Crippen LogP contribution in [0.1, 0.15) is 325 Å². The third-order valence-electron chi connectivity index (χ3n) is 14.0. The number of hydrogen-bond acceptors (Lipinski definition) is 3. The maximum absolute atomic E-state index is 14.3. The number of rotatable bonds is 49. The molecular weight excluding hydrogens is 780 g/mol. The predicted octanol–water partition coefficient (Wildman–Crippen LogP) is 19.9. The minimum atomic E-state index is -4.12. The summed E-state index contributed by atoms with van der Waals surface area (Å²) in [6, 6.07) is 0. The molecule has 0 aliphatic carbocycles. The average molecular weight is 893 g/mol. The van der Waals surface area contributed by atoms with Gasteiger partial charge in [0.25, 0.3) is 0 Å². The van der Waals surface area contributed by atoms with Crippen molar-refractivity contribution in [3.05, 3.63) is 0 Å². The van der Waals surface area contributed by atoms with Gasteiger partial charge in [0, 0.05) is 0 Å². The quantitative estimate of drug-likeness (QED) is 0.0452. The molecule has 0 aliphatic heterocycles. The van der Waals surface area contributed by atoms with E-state index < -0.39 is 16.6 Å². The van der Waals surface area contributed by atoms with Crippen LogP contribution in [0.25, 0.3) is 0 Å². The zero-order valence-corrected chi connectivity index (χ0v) is 44.8. The molecule has 0 aliphatic rings. The summed E-state index contributed by atoms with van der Waals surface area (Å²) in [7, 11) is 0. The fourth-order valence-electron chi connectivity index (χ4n) is 9.84. The van der Waals surface area contributed by atoms with E-state index in [0.717, 1.165) is 56.3 Å². The summed E-state index contributed by atoms with van der Waals surface area (Å²) in [6.07, 6.45) is 51.2. The molecule has 0 atom stereocenters. The molecule has 0 unspecified atom stereocenters. The first kappa shape index (κ1) is 60.7. The zero-order chi connectivity index (χ0) is 45.2. The molecule has 0 fully saturated rings. The molecule has 0 bridgehead atoms. The molecule has 0 spiro atoms. The SMILES string of the molecule is CC(C)CCCCCCCCCCCCCC[C](=O)[Ti]([C](=O)CCCCCCCCCCCCCCC(C)C)([C](=O)CCCCCCCCCCCCCCC(C)C)[CH](C)C. The van der Waals surface area contributed by atoms with Gasteiger partial charge in [-0.25, -0.2) is 0 Å². The molecule has 0 saturated heterocycles. The topological polar surface area (TPSA) is 51.2 Å². The maximum atomic E-state index is 14.3. The Hall–Kier alpha value is -0.276. The van der Waals surface area contributed by atoms with Crippen LogP contribution in [0.5, 0.6) is 0 Å². The molecule has 3 nitrogen and oxygen atoms in total. The van der Waals surface area contributed by atoms with Crippen LogP contribution >= 0.6 is 0 Å². The molecule has 0 amide bonds. The Kier molecular flexibility index (Phi) is 43.4. The van der Waals surface area contributed by atoms with Crippen LogP contribution in [-0.4, -0.2) is 12.3 Å². The number of carbonyl (C=O) groups is 3. The summed E-state index contributed by atoms with van der Waals surface area (Å²) in [5.74, 6) is 2.51. The number of carbonyl (C=O) groups excluding carboxylic acids is 3. The summed E-state index contributed by atoms with van der Waals surface area (Å²) in [5, 5.41) is 0. The Bertz CT molecular complexity index is 866. The molecule has 4 heteroatoms. The van der Waals surface area contributed by atoms with Gasteiger partial charge in [0.1, 0.15) is 0 Å². The van der Waals surface area contributed by atoms with Gasteiger partial charge in [0.05, 0.1) is 0 Å². The second-order valence-corrected chi connectivity index (χ2v) is 28.7. The van der Waals surface area contributed by atoms with E-state index in [-0.39, 0.29) is 16.5 Å². The van der Waals surface area contributed by atoms with Gasteiger partial charge in [-0.3, -0.25) is 0 Å². The van der Waals surface area contributed by atoms with E-state index in [4.69, 9.17) is 0 Å². The van der Waals surface area contributed by atoms with Crippen molar-refractivity contribution < 1.29 is 31.0 Å². The minimum absolute atomic E-state index is 0.0897. The summed E-state index contributed by atoms with van der Waals surface area (Å²) in [5.41, 5.74) is 0. The van der Waals surface area contributed by atoms with Gasteiger partial charge in [-0.15, -0.1) is 0 Å².